The lowest BCUT2D eigenvalue weighted by atomic mass is 10.1. The van der Waals surface area contributed by atoms with E-state index in [1.165, 1.54) is 0 Å². The van der Waals surface area contributed by atoms with E-state index < -0.39 is 0 Å². The Morgan fingerprint density at radius 1 is 1.10 bits per heavy atom. The molecule has 0 radical (unpaired) electrons. The first-order chi connectivity index (χ1) is 9.98. The van der Waals surface area contributed by atoms with Crippen molar-refractivity contribution >= 4 is 0 Å². The maximum atomic E-state index is 5.81. The van der Waals surface area contributed by atoms with Crippen molar-refractivity contribution in [1.29, 1.82) is 0 Å². The molecule has 1 N–H and O–H groups in total. The molecule has 0 saturated heterocycles. The Hall–Kier alpha value is -2.07. The van der Waals surface area contributed by atoms with Gasteiger partial charge in [-0.25, -0.2) is 4.98 Å². The zero-order valence-corrected chi connectivity index (χ0v) is 13.0. The number of nitrogens with one attached hydrogen (secondary N) is 1. The Labute approximate surface area is 126 Å². The second-order valence-electron chi connectivity index (χ2n) is 5.86. The van der Waals surface area contributed by atoms with E-state index >= 15 is 0 Å². The molecule has 0 atom stereocenters. The molecule has 2 aromatic rings. The van der Waals surface area contributed by atoms with Gasteiger partial charge in [-0.15, -0.1) is 0 Å². The van der Waals surface area contributed by atoms with Gasteiger partial charge in [0.25, 0.3) is 0 Å². The molecule has 0 amide bonds. The molecule has 0 aliphatic rings. The number of nitrogens with zero attached hydrogens (tertiary/aromatic N) is 1. The lowest BCUT2D eigenvalue weighted by Gasteiger charge is -2.20. The van der Waals surface area contributed by atoms with Crippen LogP contribution in [-0.2, 0) is 6.54 Å². The van der Waals surface area contributed by atoms with Gasteiger partial charge in [-0.2, -0.15) is 0 Å². The zero-order chi connectivity index (χ0) is 15.3. The summed E-state index contributed by atoms with van der Waals surface area (Å²) in [5.74, 6) is 1.92. The molecule has 1 aromatic heterocycles. The fourth-order valence-electron chi connectivity index (χ4n) is 1.80. The minimum absolute atomic E-state index is 0.0763. The fraction of sp³-hybridized carbons (Fsp3) is 0.353. The van der Waals surface area contributed by atoms with Crippen LogP contribution in [0.4, 0.5) is 0 Å². The first kappa shape index (κ1) is 15.3. The largest absolute Gasteiger partial charge is 0.493 e. The van der Waals surface area contributed by atoms with Crippen molar-refractivity contribution in [2.24, 2.45) is 0 Å². The predicted molar refractivity (Wildman–Crippen MR) is 83.9 cm³/mol. The number of aromatic nitrogens is 1. The summed E-state index contributed by atoms with van der Waals surface area (Å²) in [7, 11) is 1.62. The van der Waals surface area contributed by atoms with E-state index in [9.17, 15) is 0 Å². The minimum atomic E-state index is 0.0763. The molecule has 0 spiro atoms. The molecule has 112 valence electrons. The molecule has 4 nitrogen and oxygen atoms in total. The van der Waals surface area contributed by atoms with Crippen molar-refractivity contribution in [3.63, 3.8) is 0 Å². The van der Waals surface area contributed by atoms with Crippen molar-refractivity contribution < 1.29 is 9.47 Å². The molecule has 0 unspecified atom stereocenters. The Kier molecular flexibility index (Phi) is 4.81. The van der Waals surface area contributed by atoms with Crippen molar-refractivity contribution in [3.05, 3.63) is 48.2 Å². The molecule has 21 heavy (non-hydrogen) atoms. The van der Waals surface area contributed by atoms with E-state index in [0.717, 1.165) is 12.1 Å². The van der Waals surface area contributed by atoms with E-state index in [1.807, 2.05) is 36.4 Å². The third kappa shape index (κ3) is 4.76. The van der Waals surface area contributed by atoms with Crippen LogP contribution >= 0.6 is 0 Å². The quantitative estimate of drug-likeness (QED) is 0.908. The van der Waals surface area contributed by atoms with Gasteiger partial charge in [0.15, 0.2) is 11.5 Å². The maximum Gasteiger partial charge on any atom is 0.219 e. The van der Waals surface area contributed by atoms with Crippen LogP contribution < -0.4 is 14.8 Å². The molecular weight excluding hydrogens is 264 g/mol. The van der Waals surface area contributed by atoms with E-state index in [0.29, 0.717) is 17.4 Å². The first-order valence-electron chi connectivity index (χ1n) is 6.99. The van der Waals surface area contributed by atoms with Crippen LogP contribution in [0, 0.1) is 0 Å². The predicted octanol–water partition coefficient (Wildman–Crippen LogP) is 3.77. The number of methoxy groups -OCH3 is 1. The van der Waals surface area contributed by atoms with Gasteiger partial charge in [-0.3, -0.25) is 0 Å². The Balaban J connectivity index is 2.10. The molecule has 0 fully saturated rings. The highest BCUT2D eigenvalue weighted by Gasteiger charge is 2.10. The lowest BCUT2D eigenvalue weighted by Crippen LogP contribution is -2.35. The van der Waals surface area contributed by atoms with Crippen LogP contribution in [0.3, 0.4) is 0 Å². The second kappa shape index (κ2) is 6.59. The highest BCUT2D eigenvalue weighted by molar-refractivity contribution is 5.41. The highest BCUT2D eigenvalue weighted by atomic mass is 16.5. The monoisotopic (exact) mass is 286 g/mol. The molecule has 4 heteroatoms. The number of ether oxygens (including phenoxy) is 2. The SMILES string of the molecule is COc1ccccc1Oc1cc(CNC(C)(C)C)ccn1. The maximum absolute atomic E-state index is 5.81. The van der Waals surface area contributed by atoms with E-state index in [2.05, 4.69) is 31.1 Å². The molecule has 1 aromatic carbocycles. The topological polar surface area (TPSA) is 43.4 Å². The average molecular weight is 286 g/mol. The Morgan fingerprint density at radius 2 is 1.81 bits per heavy atom. The van der Waals surface area contributed by atoms with Crippen LogP contribution in [0.2, 0.25) is 0 Å². The summed E-state index contributed by atoms with van der Waals surface area (Å²) in [6.45, 7) is 7.19. The van der Waals surface area contributed by atoms with E-state index in [1.54, 1.807) is 13.3 Å². The third-order valence-corrected chi connectivity index (χ3v) is 2.91. The van der Waals surface area contributed by atoms with Gasteiger partial charge in [0, 0.05) is 24.3 Å². The summed E-state index contributed by atoms with van der Waals surface area (Å²) in [4.78, 5) is 4.25. The van der Waals surface area contributed by atoms with Gasteiger partial charge < -0.3 is 14.8 Å². The van der Waals surface area contributed by atoms with Gasteiger partial charge in [-0.05, 0) is 44.5 Å². The van der Waals surface area contributed by atoms with E-state index in [4.69, 9.17) is 9.47 Å². The zero-order valence-electron chi connectivity index (χ0n) is 13.0. The van der Waals surface area contributed by atoms with Crippen LogP contribution in [0.1, 0.15) is 26.3 Å². The normalized spacial score (nSPS) is 11.2. The molecule has 0 aliphatic carbocycles. The summed E-state index contributed by atoms with van der Waals surface area (Å²) >= 11 is 0. The average Bonchev–Trinajstić information content (AvgIpc) is 2.45. The fourth-order valence-corrected chi connectivity index (χ4v) is 1.80. The summed E-state index contributed by atoms with van der Waals surface area (Å²) in [5.41, 5.74) is 1.21. The minimum Gasteiger partial charge on any atom is -0.493 e. The Bertz CT molecular complexity index is 591. The smallest absolute Gasteiger partial charge is 0.219 e. The van der Waals surface area contributed by atoms with Crippen LogP contribution in [0.5, 0.6) is 17.4 Å². The molecular formula is C17H22N2O2. The van der Waals surface area contributed by atoms with Crippen molar-refractivity contribution in [2.75, 3.05) is 7.11 Å². The number of hydrogen-bond donors (Lipinski definition) is 1. The molecule has 0 saturated carbocycles. The van der Waals surface area contributed by atoms with Crippen LogP contribution in [-0.4, -0.2) is 17.6 Å². The van der Waals surface area contributed by atoms with Crippen molar-refractivity contribution in [1.82, 2.24) is 10.3 Å². The van der Waals surface area contributed by atoms with Gasteiger partial charge in [0.05, 0.1) is 7.11 Å². The summed E-state index contributed by atoms with van der Waals surface area (Å²) < 4.78 is 11.1. The number of rotatable bonds is 5. The van der Waals surface area contributed by atoms with Crippen LogP contribution in [0.25, 0.3) is 0 Å². The standard InChI is InChI=1S/C17H22N2O2/c1-17(2,3)19-12-13-9-10-18-16(11-13)21-15-8-6-5-7-14(15)20-4/h5-11,19H,12H2,1-4H3. The highest BCUT2D eigenvalue weighted by Crippen LogP contribution is 2.30. The van der Waals surface area contributed by atoms with Gasteiger partial charge in [0.2, 0.25) is 5.88 Å². The number of benzene rings is 1. The number of pyridine rings is 1. The molecule has 0 bridgehead atoms. The number of hydrogen-bond acceptors (Lipinski definition) is 4. The molecule has 0 aliphatic heterocycles. The van der Waals surface area contributed by atoms with Gasteiger partial charge in [0.1, 0.15) is 0 Å². The number of para-hydroxylation sites is 2. The van der Waals surface area contributed by atoms with Gasteiger partial charge >= 0.3 is 0 Å². The summed E-state index contributed by atoms with van der Waals surface area (Å²) in [6.07, 6.45) is 1.75. The van der Waals surface area contributed by atoms with E-state index in [-0.39, 0.29) is 5.54 Å². The van der Waals surface area contributed by atoms with Crippen molar-refractivity contribution in [3.8, 4) is 17.4 Å². The second-order valence-corrected chi connectivity index (χ2v) is 5.86. The third-order valence-electron chi connectivity index (χ3n) is 2.91. The van der Waals surface area contributed by atoms with Gasteiger partial charge in [-0.1, -0.05) is 12.1 Å². The first-order valence-corrected chi connectivity index (χ1v) is 6.99. The lowest BCUT2D eigenvalue weighted by molar-refractivity contribution is 0.373. The summed E-state index contributed by atoms with van der Waals surface area (Å²) in [5, 5.41) is 3.44. The van der Waals surface area contributed by atoms with Crippen molar-refractivity contribution in [2.45, 2.75) is 32.9 Å². The summed E-state index contributed by atoms with van der Waals surface area (Å²) in [6, 6.07) is 11.4. The van der Waals surface area contributed by atoms with Crippen LogP contribution in [0.15, 0.2) is 42.6 Å². The Morgan fingerprint density at radius 3 is 2.48 bits per heavy atom. The molecule has 1 heterocycles. The molecule has 2 rings (SSSR count).